The van der Waals surface area contributed by atoms with Crippen molar-refractivity contribution in [1.82, 2.24) is 0 Å². The minimum absolute atomic E-state index is 0.0204. The van der Waals surface area contributed by atoms with E-state index in [-0.39, 0.29) is 17.4 Å². The summed E-state index contributed by atoms with van der Waals surface area (Å²) >= 11 is 5.76. The monoisotopic (exact) mass is 338 g/mol. The second-order valence-electron chi connectivity index (χ2n) is 4.61. The van der Waals surface area contributed by atoms with Gasteiger partial charge in [0.05, 0.1) is 10.6 Å². The summed E-state index contributed by atoms with van der Waals surface area (Å²) in [6.45, 7) is -0.0812. The minimum atomic E-state index is -3.78. The summed E-state index contributed by atoms with van der Waals surface area (Å²) in [6, 6.07) is 10.6. The van der Waals surface area contributed by atoms with E-state index in [0.29, 0.717) is 22.1 Å². The van der Waals surface area contributed by atoms with Gasteiger partial charge in [0.25, 0.3) is 15.9 Å². The van der Waals surface area contributed by atoms with Crippen molar-refractivity contribution < 1.29 is 17.9 Å². The van der Waals surface area contributed by atoms with E-state index in [0.717, 1.165) is 0 Å². The summed E-state index contributed by atoms with van der Waals surface area (Å²) in [7, 11) is -3.78. The van der Waals surface area contributed by atoms with Crippen LogP contribution in [0.4, 0.5) is 11.4 Å². The Morgan fingerprint density at radius 1 is 1.14 bits per heavy atom. The van der Waals surface area contributed by atoms with E-state index in [9.17, 15) is 13.2 Å². The molecule has 2 aromatic carbocycles. The number of fused-ring (bicyclic) bond motifs is 1. The van der Waals surface area contributed by atoms with E-state index < -0.39 is 10.0 Å². The van der Waals surface area contributed by atoms with Crippen LogP contribution >= 0.6 is 11.6 Å². The minimum Gasteiger partial charge on any atom is -0.482 e. The van der Waals surface area contributed by atoms with Gasteiger partial charge < -0.3 is 10.1 Å². The van der Waals surface area contributed by atoms with Gasteiger partial charge in [0.15, 0.2) is 6.61 Å². The maximum atomic E-state index is 12.4. The fraction of sp³-hybridized carbons (Fsp3) is 0.0714. The van der Waals surface area contributed by atoms with Gasteiger partial charge in [-0.3, -0.25) is 9.52 Å². The molecule has 1 aliphatic heterocycles. The van der Waals surface area contributed by atoms with Crippen LogP contribution in [0.3, 0.4) is 0 Å². The van der Waals surface area contributed by atoms with Crippen molar-refractivity contribution in [3.8, 4) is 5.75 Å². The number of nitrogens with one attached hydrogen (secondary N) is 2. The molecule has 0 aliphatic carbocycles. The SMILES string of the molecule is O=C1COc2ccc(S(=O)(=O)Nc3ccc(Cl)cc3)cc2N1. The number of carbonyl (C=O) groups is 1. The van der Waals surface area contributed by atoms with E-state index in [1.54, 1.807) is 24.3 Å². The predicted octanol–water partition coefficient (Wildman–Crippen LogP) is 2.47. The lowest BCUT2D eigenvalue weighted by atomic mass is 10.2. The zero-order valence-electron chi connectivity index (χ0n) is 11.2. The van der Waals surface area contributed by atoms with Crippen molar-refractivity contribution in [2.75, 3.05) is 16.6 Å². The Bertz CT molecular complexity index is 834. The topological polar surface area (TPSA) is 84.5 Å². The maximum Gasteiger partial charge on any atom is 0.262 e. The van der Waals surface area contributed by atoms with E-state index >= 15 is 0 Å². The van der Waals surface area contributed by atoms with Crippen molar-refractivity contribution in [1.29, 1.82) is 0 Å². The average molecular weight is 339 g/mol. The molecule has 0 unspecified atom stereocenters. The van der Waals surface area contributed by atoms with Crippen LogP contribution < -0.4 is 14.8 Å². The highest BCUT2D eigenvalue weighted by atomic mass is 35.5. The molecular formula is C14H11ClN2O4S. The number of hydrogen-bond donors (Lipinski definition) is 2. The lowest BCUT2D eigenvalue weighted by Crippen LogP contribution is -2.25. The van der Waals surface area contributed by atoms with Crippen molar-refractivity contribution >= 4 is 38.9 Å². The molecule has 1 amide bonds. The van der Waals surface area contributed by atoms with Gasteiger partial charge in [-0.1, -0.05) is 11.6 Å². The number of carbonyl (C=O) groups excluding carboxylic acids is 1. The standard InChI is InChI=1S/C14H11ClN2O4S/c15-9-1-3-10(4-2-9)17-22(19,20)11-5-6-13-12(7-11)16-14(18)8-21-13/h1-7,17H,8H2,(H,16,18). The number of benzene rings is 2. The smallest absolute Gasteiger partial charge is 0.262 e. The van der Waals surface area contributed by atoms with Crippen molar-refractivity contribution in [2.45, 2.75) is 4.90 Å². The molecule has 0 spiro atoms. The molecule has 22 heavy (non-hydrogen) atoms. The van der Waals surface area contributed by atoms with Crippen molar-refractivity contribution in [3.63, 3.8) is 0 Å². The molecule has 0 saturated heterocycles. The van der Waals surface area contributed by atoms with Crippen LogP contribution in [-0.4, -0.2) is 20.9 Å². The lowest BCUT2D eigenvalue weighted by Gasteiger charge is -2.18. The third-order valence-corrected chi connectivity index (χ3v) is 4.62. The van der Waals surface area contributed by atoms with Gasteiger partial charge in [-0.2, -0.15) is 0 Å². The van der Waals surface area contributed by atoms with Gasteiger partial charge in [0.2, 0.25) is 0 Å². The molecule has 8 heteroatoms. The first-order valence-electron chi connectivity index (χ1n) is 6.29. The maximum absolute atomic E-state index is 12.4. The molecule has 3 rings (SSSR count). The Hall–Kier alpha value is -2.25. The fourth-order valence-electron chi connectivity index (χ4n) is 1.96. The first-order chi connectivity index (χ1) is 10.4. The lowest BCUT2D eigenvalue weighted by molar-refractivity contribution is -0.118. The van der Waals surface area contributed by atoms with Crippen LogP contribution in [0.1, 0.15) is 0 Å². The van der Waals surface area contributed by atoms with Gasteiger partial charge in [-0.25, -0.2) is 8.42 Å². The molecule has 2 aromatic rings. The van der Waals surface area contributed by atoms with Crippen LogP contribution in [0.15, 0.2) is 47.4 Å². The van der Waals surface area contributed by atoms with Crippen LogP contribution in [0, 0.1) is 0 Å². The Morgan fingerprint density at radius 3 is 2.59 bits per heavy atom. The first kappa shape index (κ1) is 14.7. The molecule has 1 aliphatic rings. The Kier molecular flexibility index (Phi) is 3.67. The molecule has 6 nitrogen and oxygen atoms in total. The quantitative estimate of drug-likeness (QED) is 0.900. The van der Waals surface area contributed by atoms with E-state index in [1.807, 2.05) is 0 Å². The highest BCUT2D eigenvalue weighted by Gasteiger charge is 2.21. The van der Waals surface area contributed by atoms with Gasteiger partial charge >= 0.3 is 0 Å². The molecule has 0 fully saturated rings. The van der Waals surface area contributed by atoms with Crippen LogP contribution in [0.2, 0.25) is 5.02 Å². The third-order valence-electron chi connectivity index (χ3n) is 2.99. The van der Waals surface area contributed by atoms with Crippen molar-refractivity contribution in [2.24, 2.45) is 0 Å². The average Bonchev–Trinajstić information content (AvgIpc) is 2.48. The number of anilines is 2. The summed E-state index contributed by atoms with van der Waals surface area (Å²) in [4.78, 5) is 11.3. The molecule has 0 atom stereocenters. The van der Waals surface area contributed by atoms with Crippen molar-refractivity contribution in [3.05, 3.63) is 47.5 Å². The number of hydrogen-bond acceptors (Lipinski definition) is 4. The Labute approximate surface area is 132 Å². The number of halogens is 1. The predicted molar refractivity (Wildman–Crippen MR) is 82.8 cm³/mol. The molecule has 0 bridgehead atoms. The number of ether oxygens (including phenoxy) is 1. The Balaban J connectivity index is 1.90. The molecular weight excluding hydrogens is 328 g/mol. The summed E-state index contributed by atoms with van der Waals surface area (Å²) in [5.41, 5.74) is 0.720. The molecule has 114 valence electrons. The molecule has 0 saturated carbocycles. The fourth-order valence-corrected chi connectivity index (χ4v) is 3.17. The van der Waals surface area contributed by atoms with Crippen LogP contribution in [0.25, 0.3) is 0 Å². The van der Waals surface area contributed by atoms with E-state index in [2.05, 4.69) is 10.0 Å². The summed E-state index contributed by atoms with van der Waals surface area (Å²) < 4.78 is 32.3. The first-order valence-corrected chi connectivity index (χ1v) is 8.15. The summed E-state index contributed by atoms with van der Waals surface area (Å²) in [5, 5.41) is 3.08. The zero-order chi connectivity index (χ0) is 15.7. The van der Waals surface area contributed by atoms with Gasteiger partial charge in [-0.15, -0.1) is 0 Å². The van der Waals surface area contributed by atoms with Gasteiger partial charge in [0.1, 0.15) is 5.75 Å². The normalized spacial score (nSPS) is 13.8. The second kappa shape index (κ2) is 5.51. The van der Waals surface area contributed by atoms with E-state index in [1.165, 1.54) is 18.2 Å². The Morgan fingerprint density at radius 2 is 1.86 bits per heavy atom. The van der Waals surface area contributed by atoms with Crippen LogP contribution in [-0.2, 0) is 14.8 Å². The zero-order valence-corrected chi connectivity index (χ0v) is 12.7. The molecule has 0 aromatic heterocycles. The summed E-state index contributed by atoms with van der Waals surface area (Å²) in [5.74, 6) is 0.109. The molecule has 0 radical (unpaired) electrons. The largest absolute Gasteiger partial charge is 0.482 e. The van der Waals surface area contributed by atoms with Gasteiger partial charge in [-0.05, 0) is 42.5 Å². The van der Waals surface area contributed by atoms with Crippen LogP contribution in [0.5, 0.6) is 5.75 Å². The second-order valence-corrected chi connectivity index (χ2v) is 6.73. The number of rotatable bonds is 3. The molecule has 1 heterocycles. The number of amides is 1. The number of sulfonamides is 1. The molecule has 2 N–H and O–H groups in total. The summed E-state index contributed by atoms with van der Waals surface area (Å²) in [6.07, 6.45) is 0. The highest BCUT2D eigenvalue weighted by Crippen LogP contribution is 2.30. The van der Waals surface area contributed by atoms with E-state index in [4.69, 9.17) is 16.3 Å². The highest BCUT2D eigenvalue weighted by molar-refractivity contribution is 7.92. The third kappa shape index (κ3) is 3.00. The van der Waals surface area contributed by atoms with Gasteiger partial charge in [0, 0.05) is 10.7 Å².